The van der Waals surface area contributed by atoms with E-state index in [0.717, 1.165) is 11.5 Å². The molecule has 0 bridgehead atoms. The fourth-order valence-corrected chi connectivity index (χ4v) is 2.95. The summed E-state index contributed by atoms with van der Waals surface area (Å²) < 4.78 is 0. The molecule has 0 saturated heterocycles. The van der Waals surface area contributed by atoms with Gasteiger partial charge in [0, 0.05) is 5.92 Å². The van der Waals surface area contributed by atoms with Gasteiger partial charge in [-0.25, -0.2) is 4.98 Å². The second-order valence-corrected chi connectivity index (χ2v) is 5.32. The van der Waals surface area contributed by atoms with Gasteiger partial charge in [-0.05, 0) is 30.4 Å². The predicted octanol–water partition coefficient (Wildman–Crippen LogP) is 2.63. The molecule has 1 saturated carbocycles. The van der Waals surface area contributed by atoms with Crippen LogP contribution >= 0.6 is 11.3 Å². The van der Waals surface area contributed by atoms with Crippen LogP contribution in [0.25, 0.3) is 10.6 Å². The Morgan fingerprint density at radius 2 is 2.47 bits per heavy atom. The van der Waals surface area contributed by atoms with Crippen molar-refractivity contribution >= 4 is 17.3 Å². The number of nitrogens with zero attached hydrogens (tertiary/aromatic N) is 1. The van der Waals surface area contributed by atoms with E-state index in [4.69, 9.17) is 5.11 Å². The van der Waals surface area contributed by atoms with Crippen LogP contribution in [-0.4, -0.2) is 21.0 Å². The quantitative estimate of drug-likeness (QED) is 0.877. The minimum absolute atomic E-state index is 0.0709. The maximum Gasteiger partial charge on any atom is 0.307 e. The van der Waals surface area contributed by atoms with Crippen LogP contribution < -0.4 is 0 Å². The van der Waals surface area contributed by atoms with E-state index >= 15 is 0 Å². The molecule has 2 aromatic heterocycles. The van der Waals surface area contributed by atoms with Gasteiger partial charge in [-0.1, -0.05) is 0 Å². The van der Waals surface area contributed by atoms with Gasteiger partial charge in [0.05, 0.1) is 22.7 Å². The highest BCUT2D eigenvalue weighted by atomic mass is 32.1. The summed E-state index contributed by atoms with van der Waals surface area (Å²) in [5.74, 6) is -0.0968. The average Bonchev–Trinajstić information content (AvgIpc) is 2.75. The lowest BCUT2D eigenvalue weighted by atomic mass is 10.2. The summed E-state index contributed by atoms with van der Waals surface area (Å²) in [5.41, 5.74) is 2.21. The number of aromatic nitrogens is 2. The zero-order chi connectivity index (χ0) is 12.0. The van der Waals surface area contributed by atoms with E-state index in [1.165, 1.54) is 10.4 Å². The average molecular weight is 248 g/mol. The molecule has 0 amide bonds. The first-order chi connectivity index (χ1) is 8.16. The molecule has 2 atom stereocenters. The Hall–Kier alpha value is -1.62. The van der Waals surface area contributed by atoms with Gasteiger partial charge in [0.15, 0.2) is 0 Å². The molecule has 2 heterocycles. The molecule has 3 rings (SSSR count). The lowest BCUT2D eigenvalue weighted by Crippen LogP contribution is -1.99. The maximum atomic E-state index is 10.8. The van der Waals surface area contributed by atoms with Crippen LogP contribution in [0.15, 0.2) is 17.6 Å². The molecule has 4 nitrogen and oxygen atoms in total. The number of H-pyrrole nitrogens is 1. The van der Waals surface area contributed by atoms with Crippen LogP contribution in [0.2, 0.25) is 0 Å². The third kappa shape index (κ3) is 1.76. The molecule has 0 radical (unpaired) electrons. The Bertz CT molecular complexity index is 573. The summed E-state index contributed by atoms with van der Waals surface area (Å²) in [6.07, 6.45) is 2.50. The van der Waals surface area contributed by atoms with E-state index in [0.29, 0.717) is 6.42 Å². The number of carboxylic acid groups (broad SMARTS) is 1. The van der Waals surface area contributed by atoms with Crippen LogP contribution in [0.1, 0.15) is 23.7 Å². The largest absolute Gasteiger partial charge is 0.481 e. The monoisotopic (exact) mass is 248 g/mol. The molecule has 2 aromatic rings. The maximum absolute atomic E-state index is 10.8. The van der Waals surface area contributed by atoms with Gasteiger partial charge in [-0.3, -0.25) is 4.79 Å². The van der Waals surface area contributed by atoms with Crippen molar-refractivity contribution in [3.8, 4) is 10.6 Å². The summed E-state index contributed by atoms with van der Waals surface area (Å²) in [7, 11) is 0. The number of aryl methyl sites for hydroxylation is 1. The molecule has 88 valence electrons. The zero-order valence-electron chi connectivity index (χ0n) is 9.30. The molecule has 1 aliphatic rings. The summed E-state index contributed by atoms with van der Waals surface area (Å²) in [5, 5.41) is 10.9. The van der Waals surface area contributed by atoms with E-state index in [1.807, 2.05) is 5.38 Å². The topological polar surface area (TPSA) is 66.0 Å². The van der Waals surface area contributed by atoms with Gasteiger partial charge in [0.25, 0.3) is 0 Å². The van der Waals surface area contributed by atoms with Crippen molar-refractivity contribution in [1.29, 1.82) is 0 Å². The number of rotatable bonds is 3. The standard InChI is InChI=1S/C12H12N2O2S/c1-6-2-3-17-10(6)9-5-13-11(14-9)7-4-8(7)12(15)16/h2-3,5,7-8H,4H2,1H3,(H,13,14)(H,15,16). The Balaban J connectivity index is 1.85. The first-order valence-corrected chi connectivity index (χ1v) is 6.37. The number of aromatic amines is 1. The fourth-order valence-electron chi connectivity index (χ4n) is 2.06. The highest BCUT2D eigenvalue weighted by molar-refractivity contribution is 7.13. The fraction of sp³-hybridized carbons (Fsp3) is 0.333. The summed E-state index contributed by atoms with van der Waals surface area (Å²) in [6, 6.07) is 2.07. The first kappa shape index (κ1) is 10.5. The van der Waals surface area contributed by atoms with Crippen LogP contribution in [0.5, 0.6) is 0 Å². The number of imidazole rings is 1. The third-order valence-corrected chi connectivity index (χ3v) is 4.21. The molecule has 5 heteroatoms. The van der Waals surface area contributed by atoms with E-state index in [1.54, 1.807) is 17.5 Å². The molecule has 0 aromatic carbocycles. The van der Waals surface area contributed by atoms with Gasteiger partial charge in [-0.15, -0.1) is 11.3 Å². The second-order valence-electron chi connectivity index (χ2n) is 4.40. The van der Waals surface area contributed by atoms with Crippen molar-refractivity contribution in [2.24, 2.45) is 5.92 Å². The molecule has 17 heavy (non-hydrogen) atoms. The number of aliphatic carboxylic acids is 1. The van der Waals surface area contributed by atoms with Gasteiger partial charge in [-0.2, -0.15) is 0 Å². The molecule has 1 aliphatic carbocycles. The highest BCUT2D eigenvalue weighted by Crippen LogP contribution is 2.46. The van der Waals surface area contributed by atoms with Gasteiger partial charge in [0.1, 0.15) is 5.82 Å². The number of carbonyl (C=O) groups is 1. The van der Waals surface area contributed by atoms with Crippen molar-refractivity contribution in [2.75, 3.05) is 0 Å². The van der Waals surface area contributed by atoms with Gasteiger partial charge in [0.2, 0.25) is 0 Å². The summed E-state index contributed by atoms with van der Waals surface area (Å²) in [6.45, 7) is 2.06. The minimum atomic E-state index is -0.722. The van der Waals surface area contributed by atoms with Crippen molar-refractivity contribution in [3.63, 3.8) is 0 Å². The molecule has 1 fully saturated rings. The third-order valence-electron chi connectivity index (χ3n) is 3.16. The number of nitrogens with one attached hydrogen (secondary N) is 1. The highest BCUT2D eigenvalue weighted by Gasteiger charge is 2.46. The summed E-state index contributed by atoms with van der Waals surface area (Å²) >= 11 is 1.67. The number of hydrogen-bond donors (Lipinski definition) is 2. The second kappa shape index (κ2) is 3.70. The molecule has 0 spiro atoms. The Labute approximate surface area is 102 Å². The van der Waals surface area contributed by atoms with Crippen LogP contribution in [0, 0.1) is 12.8 Å². The van der Waals surface area contributed by atoms with E-state index in [-0.39, 0.29) is 11.8 Å². The Kier molecular flexibility index (Phi) is 2.29. The Morgan fingerprint density at radius 3 is 3.06 bits per heavy atom. The number of carboxylic acids is 1. The lowest BCUT2D eigenvalue weighted by Gasteiger charge is -1.94. The first-order valence-electron chi connectivity index (χ1n) is 5.49. The van der Waals surface area contributed by atoms with Crippen molar-refractivity contribution < 1.29 is 9.90 Å². The lowest BCUT2D eigenvalue weighted by molar-refractivity contribution is -0.138. The molecule has 0 aliphatic heterocycles. The Morgan fingerprint density at radius 1 is 1.65 bits per heavy atom. The van der Waals surface area contributed by atoms with Crippen LogP contribution in [0.3, 0.4) is 0 Å². The summed E-state index contributed by atoms with van der Waals surface area (Å²) in [4.78, 5) is 19.5. The molecule has 2 unspecified atom stereocenters. The minimum Gasteiger partial charge on any atom is -0.481 e. The van der Waals surface area contributed by atoms with E-state index < -0.39 is 5.97 Å². The predicted molar refractivity (Wildman–Crippen MR) is 65.1 cm³/mol. The van der Waals surface area contributed by atoms with Gasteiger partial charge < -0.3 is 10.1 Å². The van der Waals surface area contributed by atoms with Gasteiger partial charge >= 0.3 is 5.97 Å². The SMILES string of the molecule is Cc1ccsc1-c1cnc(C2CC2C(=O)O)[nH]1. The normalized spacial score (nSPS) is 22.6. The van der Waals surface area contributed by atoms with E-state index in [2.05, 4.69) is 23.0 Å². The van der Waals surface area contributed by atoms with Crippen molar-refractivity contribution in [2.45, 2.75) is 19.3 Å². The number of thiophene rings is 1. The molecular formula is C12H12N2O2S. The zero-order valence-corrected chi connectivity index (χ0v) is 10.1. The van der Waals surface area contributed by atoms with Crippen molar-refractivity contribution in [1.82, 2.24) is 9.97 Å². The number of hydrogen-bond acceptors (Lipinski definition) is 3. The molecule has 2 N–H and O–H groups in total. The van der Waals surface area contributed by atoms with E-state index in [9.17, 15) is 4.79 Å². The van der Waals surface area contributed by atoms with Crippen molar-refractivity contribution in [3.05, 3.63) is 29.0 Å². The van der Waals surface area contributed by atoms with Crippen LogP contribution in [0.4, 0.5) is 0 Å². The van der Waals surface area contributed by atoms with Crippen LogP contribution in [-0.2, 0) is 4.79 Å². The molecular weight excluding hydrogens is 236 g/mol. The smallest absolute Gasteiger partial charge is 0.307 e.